The Bertz CT molecular complexity index is 1290. The second-order valence-electron chi connectivity index (χ2n) is 8.86. The van der Waals surface area contributed by atoms with E-state index in [4.69, 9.17) is 15.9 Å². The van der Waals surface area contributed by atoms with Gasteiger partial charge in [-0.25, -0.2) is 9.59 Å². The van der Waals surface area contributed by atoms with Crippen molar-refractivity contribution >= 4 is 47.7 Å². The molecule has 10 heteroatoms. The number of halogens is 2. The van der Waals surface area contributed by atoms with Crippen molar-refractivity contribution in [2.24, 2.45) is 23.3 Å². The number of carboxylic acid groups (broad SMARTS) is 2. The number of hydrogen-bond donors (Lipinski definition) is 4. The highest BCUT2D eigenvalue weighted by Gasteiger charge is 2.50. The third-order valence-corrected chi connectivity index (χ3v) is 6.34. The molecule has 0 saturated heterocycles. The zero-order valence-electron chi connectivity index (χ0n) is 19.8. The number of nitrogens with two attached hydrogens (primary N) is 2. The predicted molar refractivity (Wildman–Crippen MR) is 139 cm³/mol. The average molecular weight is 525 g/mol. The van der Waals surface area contributed by atoms with Crippen molar-refractivity contribution in [1.29, 1.82) is 0 Å². The first kappa shape index (κ1) is 30.1. The Hall–Kier alpha value is -2.91. The van der Waals surface area contributed by atoms with E-state index in [0.717, 1.165) is 0 Å². The van der Waals surface area contributed by atoms with Crippen molar-refractivity contribution < 1.29 is 24.2 Å². The van der Waals surface area contributed by atoms with Crippen LogP contribution in [0.25, 0.3) is 22.3 Å². The highest BCUT2D eigenvalue weighted by Crippen LogP contribution is 2.42. The highest BCUT2D eigenvalue weighted by atomic mass is 35.5. The summed E-state index contributed by atoms with van der Waals surface area (Å²) >= 11 is 0. The third-order valence-electron chi connectivity index (χ3n) is 6.34. The molecule has 2 atom stereocenters. The minimum atomic E-state index is -2.09. The van der Waals surface area contributed by atoms with Crippen LogP contribution in [0.2, 0.25) is 0 Å². The van der Waals surface area contributed by atoms with E-state index in [0.29, 0.717) is 5.56 Å². The molecular weight excluding hydrogens is 495 g/mol. The summed E-state index contributed by atoms with van der Waals surface area (Å²) in [4.78, 5) is 37.9. The summed E-state index contributed by atoms with van der Waals surface area (Å²) < 4.78 is 6.11. The fourth-order valence-electron chi connectivity index (χ4n) is 4.03. The molecule has 3 aromatic rings. The smallest absolute Gasteiger partial charge is 0.328 e. The molecule has 0 bridgehead atoms. The normalized spacial score (nSPS) is 14.5. The van der Waals surface area contributed by atoms with Crippen LogP contribution in [0.3, 0.4) is 0 Å². The summed E-state index contributed by atoms with van der Waals surface area (Å²) in [6.07, 6.45) is 0. The summed E-state index contributed by atoms with van der Waals surface area (Å²) in [7, 11) is 0. The number of carbonyl (C=O) groups is 2. The van der Waals surface area contributed by atoms with E-state index in [1.54, 1.807) is 58.0 Å². The van der Waals surface area contributed by atoms with Gasteiger partial charge in [0.1, 0.15) is 22.4 Å². The number of aliphatic carboxylic acids is 2. The SMILES string of the molecule is CC(C)[C@@](N)(C(=O)O)c1ccc2c(=O)cc(-c3ccccc3)oc2c1[C@](N)(C(=O)O)C(C)C.Cl.Cl. The van der Waals surface area contributed by atoms with Crippen LogP contribution in [0.4, 0.5) is 0 Å². The summed E-state index contributed by atoms with van der Waals surface area (Å²) in [5.74, 6) is -3.88. The number of benzene rings is 2. The van der Waals surface area contributed by atoms with Gasteiger partial charge in [-0.3, -0.25) is 4.79 Å². The maximum absolute atomic E-state index is 13.0. The molecule has 0 aliphatic carbocycles. The minimum absolute atomic E-state index is 0. The Labute approximate surface area is 215 Å². The van der Waals surface area contributed by atoms with E-state index in [2.05, 4.69) is 0 Å². The average Bonchev–Trinajstić information content (AvgIpc) is 2.77. The molecule has 0 saturated carbocycles. The molecule has 0 aliphatic heterocycles. The lowest BCUT2D eigenvalue weighted by atomic mass is 9.70. The van der Waals surface area contributed by atoms with Gasteiger partial charge in [-0.1, -0.05) is 64.1 Å². The van der Waals surface area contributed by atoms with Crippen LogP contribution in [0.1, 0.15) is 38.8 Å². The van der Waals surface area contributed by atoms with Gasteiger partial charge in [-0.05, 0) is 23.5 Å². The van der Waals surface area contributed by atoms with E-state index < -0.39 is 40.3 Å². The third kappa shape index (κ3) is 4.79. The zero-order chi connectivity index (χ0) is 24.7. The van der Waals surface area contributed by atoms with Crippen LogP contribution < -0.4 is 16.9 Å². The Kier molecular flexibility index (Phi) is 9.28. The largest absolute Gasteiger partial charge is 0.480 e. The van der Waals surface area contributed by atoms with Crippen molar-refractivity contribution in [2.75, 3.05) is 0 Å². The van der Waals surface area contributed by atoms with E-state index >= 15 is 0 Å². The second kappa shape index (κ2) is 10.8. The van der Waals surface area contributed by atoms with Gasteiger partial charge in [0, 0.05) is 17.2 Å². The molecule has 2 aromatic carbocycles. The minimum Gasteiger partial charge on any atom is -0.480 e. The molecule has 3 rings (SSSR count). The summed E-state index contributed by atoms with van der Waals surface area (Å²) in [6.45, 7) is 6.44. The van der Waals surface area contributed by atoms with Gasteiger partial charge in [-0.15, -0.1) is 24.8 Å². The summed E-state index contributed by atoms with van der Waals surface area (Å²) in [6, 6.07) is 12.9. The Morgan fingerprint density at radius 1 is 0.857 bits per heavy atom. The van der Waals surface area contributed by atoms with Crippen molar-refractivity contribution in [2.45, 2.75) is 38.8 Å². The van der Waals surface area contributed by atoms with E-state index in [1.165, 1.54) is 18.2 Å². The van der Waals surface area contributed by atoms with E-state index in [9.17, 15) is 24.6 Å². The quantitative estimate of drug-likeness (QED) is 0.359. The maximum Gasteiger partial charge on any atom is 0.328 e. The second-order valence-corrected chi connectivity index (χ2v) is 8.86. The van der Waals surface area contributed by atoms with Crippen LogP contribution >= 0.6 is 24.8 Å². The zero-order valence-corrected chi connectivity index (χ0v) is 21.4. The van der Waals surface area contributed by atoms with E-state index in [1.807, 2.05) is 0 Å². The first-order valence-electron chi connectivity index (χ1n) is 10.6. The van der Waals surface area contributed by atoms with Gasteiger partial charge < -0.3 is 26.1 Å². The maximum atomic E-state index is 13.0. The van der Waals surface area contributed by atoms with Gasteiger partial charge in [0.05, 0.1) is 5.39 Å². The molecule has 6 N–H and O–H groups in total. The van der Waals surface area contributed by atoms with Crippen LogP contribution in [0.5, 0.6) is 0 Å². The molecule has 35 heavy (non-hydrogen) atoms. The van der Waals surface area contributed by atoms with Crippen LogP contribution in [0, 0.1) is 11.8 Å². The van der Waals surface area contributed by atoms with Gasteiger partial charge in [0.25, 0.3) is 0 Å². The fourth-order valence-corrected chi connectivity index (χ4v) is 4.03. The first-order valence-corrected chi connectivity index (χ1v) is 10.6. The molecule has 0 unspecified atom stereocenters. The standard InChI is InChI=1S/C25H28N2O6.2ClH/c1-13(2)24(26,22(29)30)17-11-10-16-18(28)12-19(15-8-6-5-7-9-15)33-21(16)20(17)25(27,14(3)4)23(31)32;;/h5-14H,26-27H2,1-4H3,(H,29,30)(H,31,32);2*1H/t24-,25-;;/m0../s1. The molecule has 0 radical (unpaired) electrons. The lowest BCUT2D eigenvalue weighted by Gasteiger charge is -2.37. The van der Waals surface area contributed by atoms with Crippen LogP contribution in [0.15, 0.2) is 57.7 Å². The van der Waals surface area contributed by atoms with Gasteiger partial charge in [0.2, 0.25) is 0 Å². The van der Waals surface area contributed by atoms with Gasteiger partial charge in [0.15, 0.2) is 5.43 Å². The number of carboxylic acids is 2. The number of fused-ring (bicyclic) bond motifs is 1. The summed E-state index contributed by atoms with van der Waals surface area (Å²) in [5, 5.41) is 20.4. The van der Waals surface area contributed by atoms with Crippen LogP contribution in [-0.2, 0) is 20.7 Å². The van der Waals surface area contributed by atoms with E-state index in [-0.39, 0.29) is 52.7 Å². The number of rotatable bonds is 7. The van der Waals surface area contributed by atoms with Gasteiger partial charge in [-0.2, -0.15) is 0 Å². The molecule has 190 valence electrons. The topological polar surface area (TPSA) is 157 Å². The molecular formula is C25H30Cl2N2O6. The Balaban J connectivity index is 0.00000306. The first-order chi connectivity index (χ1) is 15.4. The van der Waals surface area contributed by atoms with Crippen LogP contribution in [-0.4, -0.2) is 22.2 Å². The molecule has 1 aromatic heterocycles. The van der Waals surface area contributed by atoms with Crippen molar-refractivity contribution in [3.05, 3.63) is 69.9 Å². The molecule has 0 spiro atoms. The molecule has 0 aliphatic rings. The summed E-state index contributed by atoms with van der Waals surface area (Å²) in [5.41, 5.74) is 8.80. The monoisotopic (exact) mass is 524 g/mol. The lowest BCUT2D eigenvalue weighted by Crippen LogP contribution is -2.55. The highest BCUT2D eigenvalue weighted by molar-refractivity contribution is 5.94. The van der Waals surface area contributed by atoms with Crippen molar-refractivity contribution in [3.8, 4) is 11.3 Å². The predicted octanol–water partition coefficient (Wildman–Crippen LogP) is 4.09. The number of hydrogen-bond acceptors (Lipinski definition) is 6. The van der Waals surface area contributed by atoms with Crippen molar-refractivity contribution in [1.82, 2.24) is 0 Å². The fraction of sp³-hybridized carbons (Fsp3) is 0.320. The Morgan fingerprint density at radius 2 is 1.37 bits per heavy atom. The molecule has 1 heterocycles. The lowest BCUT2D eigenvalue weighted by molar-refractivity contribution is -0.147. The van der Waals surface area contributed by atoms with Gasteiger partial charge >= 0.3 is 11.9 Å². The molecule has 0 amide bonds. The molecule has 8 nitrogen and oxygen atoms in total. The Morgan fingerprint density at radius 3 is 1.83 bits per heavy atom. The molecule has 0 fully saturated rings. The van der Waals surface area contributed by atoms with Crippen molar-refractivity contribution in [3.63, 3.8) is 0 Å².